The van der Waals surface area contributed by atoms with Crippen LogP contribution in [0.2, 0.25) is 5.02 Å². The summed E-state index contributed by atoms with van der Waals surface area (Å²) in [6, 6.07) is 9.28. The van der Waals surface area contributed by atoms with E-state index in [0.717, 1.165) is 28.0 Å². The number of carboxylic acids is 1. The smallest absolute Gasteiger partial charge is 0.413 e. The maximum absolute atomic E-state index is 12.0. The zero-order chi connectivity index (χ0) is 24.1. The van der Waals surface area contributed by atoms with E-state index in [9.17, 15) is 9.59 Å². The number of aliphatic carboxylic acids is 1. The van der Waals surface area contributed by atoms with Gasteiger partial charge in [0.1, 0.15) is 11.6 Å². The van der Waals surface area contributed by atoms with Gasteiger partial charge in [-0.1, -0.05) is 17.7 Å². The molecule has 0 saturated heterocycles. The molecule has 33 heavy (non-hydrogen) atoms. The Morgan fingerprint density at radius 1 is 1.21 bits per heavy atom. The second-order valence-electron chi connectivity index (χ2n) is 7.73. The largest absolute Gasteiger partial charge is 0.493 e. The normalized spacial score (nSPS) is 10.9. The summed E-state index contributed by atoms with van der Waals surface area (Å²) in [6.45, 7) is 6.78. The Kier molecular flexibility index (Phi) is 7.81. The van der Waals surface area contributed by atoms with Crippen LogP contribution in [-0.2, 0) is 16.1 Å². The average Bonchev–Trinajstić information content (AvgIpc) is 3.08. The minimum atomic E-state index is -0.838. The molecule has 3 rings (SSSR count). The van der Waals surface area contributed by atoms with Crippen LogP contribution in [-0.4, -0.2) is 47.0 Å². The Morgan fingerprint density at radius 3 is 2.64 bits per heavy atom. The van der Waals surface area contributed by atoms with Crippen molar-refractivity contribution in [2.75, 3.05) is 25.2 Å². The molecule has 1 aromatic heterocycles. The quantitative estimate of drug-likeness (QED) is 0.430. The average molecular weight is 474 g/mol. The number of ether oxygens (including phenoxy) is 2. The Morgan fingerprint density at radius 2 is 1.97 bits per heavy atom. The van der Waals surface area contributed by atoms with Crippen LogP contribution in [0, 0.1) is 13.8 Å². The molecule has 0 unspecified atom stereocenters. The first-order chi connectivity index (χ1) is 15.7. The van der Waals surface area contributed by atoms with E-state index in [2.05, 4.69) is 4.57 Å². The molecule has 0 aliphatic carbocycles. The number of aryl methyl sites for hydroxylation is 2. The van der Waals surface area contributed by atoms with Gasteiger partial charge in [-0.15, -0.1) is 0 Å². The molecular formula is C24H28ClN3O5. The van der Waals surface area contributed by atoms with Crippen molar-refractivity contribution in [3.63, 3.8) is 0 Å². The van der Waals surface area contributed by atoms with Crippen molar-refractivity contribution < 1.29 is 24.2 Å². The van der Waals surface area contributed by atoms with Crippen molar-refractivity contribution in [2.24, 2.45) is 0 Å². The maximum Gasteiger partial charge on any atom is 0.413 e. The lowest BCUT2D eigenvalue weighted by Gasteiger charge is -2.18. The van der Waals surface area contributed by atoms with Crippen LogP contribution in [0.25, 0.3) is 11.0 Å². The molecule has 0 atom stereocenters. The zero-order valence-electron chi connectivity index (χ0n) is 19.2. The number of nitrogens with zero attached hydrogens (tertiary/aromatic N) is 3. The highest BCUT2D eigenvalue weighted by molar-refractivity contribution is 6.31. The molecular weight excluding hydrogens is 446 g/mol. The molecule has 0 saturated carbocycles. The Bertz CT molecular complexity index is 1170. The Hall–Kier alpha value is -3.26. The van der Waals surface area contributed by atoms with Crippen LogP contribution in [0.4, 0.5) is 10.5 Å². The lowest BCUT2D eigenvalue weighted by Crippen LogP contribution is -2.27. The Balaban J connectivity index is 1.85. The number of hydrogen-bond acceptors (Lipinski definition) is 5. The first kappa shape index (κ1) is 24.4. The van der Waals surface area contributed by atoms with Crippen molar-refractivity contribution in [2.45, 2.75) is 40.2 Å². The van der Waals surface area contributed by atoms with E-state index < -0.39 is 12.1 Å². The number of carboxylic acid groups (broad SMARTS) is 1. The molecule has 0 aliphatic rings. The third kappa shape index (κ3) is 5.76. The van der Waals surface area contributed by atoms with Gasteiger partial charge in [0.25, 0.3) is 0 Å². The second-order valence-corrected chi connectivity index (χ2v) is 8.14. The Labute approximate surface area is 197 Å². The van der Waals surface area contributed by atoms with Crippen LogP contribution >= 0.6 is 11.6 Å². The van der Waals surface area contributed by atoms with E-state index in [1.54, 1.807) is 20.0 Å². The summed E-state index contributed by atoms with van der Waals surface area (Å²) < 4.78 is 12.9. The summed E-state index contributed by atoms with van der Waals surface area (Å²) in [7, 11) is 1.64. The first-order valence-corrected chi connectivity index (χ1v) is 11.1. The van der Waals surface area contributed by atoms with E-state index in [1.807, 2.05) is 38.1 Å². The van der Waals surface area contributed by atoms with E-state index in [0.29, 0.717) is 42.6 Å². The van der Waals surface area contributed by atoms with Gasteiger partial charge in [-0.05, 0) is 56.5 Å². The molecule has 1 heterocycles. The second kappa shape index (κ2) is 10.6. The summed E-state index contributed by atoms with van der Waals surface area (Å²) in [5.74, 6) is 0.666. The minimum Gasteiger partial charge on any atom is -0.493 e. The molecule has 0 fully saturated rings. The lowest BCUT2D eigenvalue weighted by molar-refractivity contribution is -0.137. The molecule has 0 aliphatic heterocycles. The van der Waals surface area contributed by atoms with Gasteiger partial charge < -0.3 is 19.1 Å². The number of fused-ring (bicyclic) bond motifs is 1. The van der Waals surface area contributed by atoms with E-state index >= 15 is 0 Å². The van der Waals surface area contributed by atoms with Crippen LogP contribution in [0.15, 0.2) is 30.3 Å². The molecule has 3 aromatic rings. The van der Waals surface area contributed by atoms with Crippen LogP contribution in [0.3, 0.4) is 0 Å². The maximum atomic E-state index is 12.0. The summed E-state index contributed by atoms with van der Waals surface area (Å²) >= 11 is 6.56. The SMILES string of the molecule is CCOC(=O)N(C)c1ccc(Cn2c(C)nc3c(C)cc(OCCCC(=O)O)cc32)c(Cl)c1. The van der Waals surface area contributed by atoms with Crippen molar-refractivity contribution in [1.82, 2.24) is 9.55 Å². The third-order valence-corrected chi connectivity index (χ3v) is 5.66. The van der Waals surface area contributed by atoms with Crippen LogP contribution in [0.1, 0.15) is 36.7 Å². The topological polar surface area (TPSA) is 93.9 Å². The van der Waals surface area contributed by atoms with Crippen LogP contribution < -0.4 is 9.64 Å². The first-order valence-electron chi connectivity index (χ1n) is 10.7. The monoisotopic (exact) mass is 473 g/mol. The molecule has 1 amide bonds. The number of benzene rings is 2. The fourth-order valence-corrected chi connectivity index (χ4v) is 3.78. The fraction of sp³-hybridized carbons (Fsp3) is 0.375. The number of aromatic nitrogens is 2. The molecule has 0 bridgehead atoms. The van der Waals surface area contributed by atoms with Crippen LogP contribution in [0.5, 0.6) is 5.75 Å². The van der Waals surface area contributed by atoms with E-state index in [-0.39, 0.29) is 6.42 Å². The van der Waals surface area contributed by atoms with Gasteiger partial charge in [0.15, 0.2) is 0 Å². The van der Waals surface area contributed by atoms with E-state index in [4.69, 9.17) is 31.2 Å². The highest BCUT2D eigenvalue weighted by atomic mass is 35.5. The van der Waals surface area contributed by atoms with Gasteiger partial charge in [0, 0.05) is 30.2 Å². The standard InChI is InChI=1S/C24H28ClN3O5/c1-5-32-24(31)27(4)18-9-8-17(20(25)12-18)14-28-16(3)26-23-15(2)11-19(13-21(23)28)33-10-6-7-22(29)30/h8-9,11-13H,5-7,10,14H2,1-4H3,(H,29,30). The van der Waals surface area contributed by atoms with Gasteiger partial charge in [0.2, 0.25) is 0 Å². The number of imidazole rings is 1. The van der Waals surface area contributed by atoms with Crippen molar-refractivity contribution >= 4 is 40.4 Å². The van der Waals surface area contributed by atoms with Gasteiger partial charge in [-0.25, -0.2) is 9.78 Å². The van der Waals surface area contributed by atoms with Gasteiger partial charge in [-0.2, -0.15) is 0 Å². The molecule has 176 valence electrons. The number of rotatable bonds is 9. The molecule has 2 aromatic carbocycles. The molecule has 9 heteroatoms. The molecule has 0 radical (unpaired) electrons. The minimum absolute atomic E-state index is 0.0676. The molecule has 0 spiro atoms. The van der Waals surface area contributed by atoms with Gasteiger partial charge in [-0.3, -0.25) is 9.69 Å². The van der Waals surface area contributed by atoms with Crippen molar-refractivity contribution in [3.05, 3.63) is 52.3 Å². The number of amides is 1. The number of hydrogen-bond donors (Lipinski definition) is 1. The highest BCUT2D eigenvalue weighted by Gasteiger charge is 2.16. The molecule has 1 N–H and O–H groups in total. The number of halogens is 1. The number of carbonyl (C=O) groups is 2. The lowest BCUT2D eigenvalue weighted by atomic mass is 10.1. The van der Waals surface area contributed by atoms with Gasteiger partial charge >= 0.3 is 12.1 Å². The predicted octanol–water partition coefficient (Wildman–Crippen LogP) is 5.19. The summed E-state index contributed by atoms with van der Waals surface area (Å²) in [6.07, 6.45) is 0.0644. The van der Waals surface area contributed by atoms with Crippen molar-refractivity contribution in [3.8, 4) is 5.75 Å². The van der Waals surface area contributed by atoms with E-state index in [1.165, 1.54) is 4.90 Å². The summed E-state index contributed by atoms with van der Waals surface area (Å²) in [5, 5.41) is 9.32. The fourth-order valence-electron chi connectivity index (χ4n) is 3.54. The zero-order valence-corrected chi connectivity index (χ0v) is 20.0. The van der Waals surface area contributed by atoms with Crippen molar-refractivity contribution in [1.29, 1.82) is 0 Å². The third-order valence-electron chi connectivity index (χ3n) is 5.31. The summed E-state index contributed by atoms with van der Waals surface area (Å²) in [4.78, 5) is 28.8. The predicted molar refractivity (Wildman–Crippen MR) is 128 cm³/mol. The molecule has 8 nitrogen and oxygen atoms in total. The highest BCUT2D eigenvalue weighted by Crippen LogP contribution is 2.29. The number of anilines is 1. The van der Waals surface area contributed by atoms with Gasteiger partial charge in [0.05, 0.1) is 30.8 Å². The number of carbonyl (C=O) groups excluding carboxylic acids is 1. The summed E-state index contributed by atoms with van der Waals surface area (Å²) in [5.41, 5.74) is 4.28.